The molecule has 7 rings (SSSR count). The number of likely N-dealkylation sites (tertiary alicyclic amines) is 1. The van der Waals surface area contributed by atoms with Crippen LogP contribution in [0.2, 0.25) is 0 Å². The molecule has 5 aliphatic rings. The molecule has 1 saturated carbocycles. The van der Waals surface area contributed by atoms with Gasteiger partial charge in [0.1, 0.15) is 17.4 Å². The van der Waals surface area contributed by atoms with E-state index < -0.39 is 29.6 Å². The molecule has 43 heavy (non-hydrogen) atoms. The van der Waals surface area contributed by atoms with E-state index in [1.54, 1.807) is 29.2 Å². The minimum Gasteiger partial charge on any atom is -0.494 e. The fraction of sp³-hybridized carbons (Fsp3) is 0.485. The third-order valence-corrected chi connectivity index (χ3v) is 9.59. The van der Waals surface area contributed by atoms with Crippen LogP contribution >= 0.6 is 0 Å². The van der Waals surface area contributed by atoms with Gasteiger partial charge in [-0.1, -0.05) is 38.0 Å². The Morgan fingerprint density at radius 2 is 1.84 bits per heavy atom. The summed E-state index contributed by atoms with van der Waals surface area (Å²) in [6, 6.07) is 11.7. The number of amides is 3. The van der Waals surface area contributed by atoms with Gasteiger partial charge in [-0.3, -0.25) is 14.4 Å². The molecule has 5 unspecified atom stereocenters. The summed E-state index contributed by atoms with van der Waals surface area (Å²) in [7, 11) is 0. The van der Waals surface area contributed by atoms with Crippen molar-refractivity contribution < 1.29 is 33.3 Å². The second-order valence-corrected chi connectivity index (χ2v) is 12.2. The Bertz CT molecular complexity index is 1460. The van der Waals surface area contributed by atoms with Crippen molar-refractivity contribution in [3.05, 3.63) is 60.2 Å². The standard InChI is InChI=1S/C33H37N3O7/c1-3-40-22-11-9-21(10-12-22)34-30(37)27-25-14-15-33(43-25)28(27)32(39)36(17-20-8-13-24-26(16-20)42-18-41-24)29(33)31(38)35-23-7-5-4-6-19(23)2/h8-16,19,23,25,27-29H,3-7,17-18H2,1-2H3,(H,34,37)(H,35,38)/t19?,23?,25-,27?,28-,29?,33?/m0/s1. The monoisotopic (exact) mass is 587 g/mol. The van der Waals surface area contributed by atoms with E-state index in [0.717, 1.165) is 31.2 Å². The molecule has 4 aliphatic heterocycles. The zero-order valence-corrected chi connectivity index (χ0v) is 24.4. The molecule has 0 radical (unpaired) electrons. The van der Waals surface area contributed by atoms with Gasteiger partial charge in [-0.2, -0.15) is 0 Å². The average molecular weight is 588 g/mol. The highest BCUT2D eigenvalue weighted by molar-refractivity contribution is 6.02. The van der Waals surface area contributed by atoms with Crippen molar-refractivity contribution in [2.24, 2.45) is 17.8 Å². The number of hydrogen-bond donors (Lipinski definition) is 2. The summed E-state index contributed by atoms with van der Waals surface area (Å²) in [4.78, 5) is 43.9. The third-order valence-electron chi connectivity index (χ3n) is 9.59. The van der Waals surface area contributed by atoms with E-state index in [1.165, 1.54) is 0 Å². The van der Waals surface area contributed by atoms with Crippen molar-refractivity contribution in [1.29, 1.82) is 0 Å². The van der Waals surface area contributed by atoms with Crippen LogP contribution in [-0.4, -0.2) is 59.8 Å². The number of carbonyl (C=O) groups is 3. The van der Waals surface area contributed by atoms with Gasteiger partial charge in [0.15, 0.2) is 11.5 Å². The van der Waals surface area contributed by atoms with E-state index in [4.69, 9.17) is 18.9 Å². The first kappa shape index (κ1) is 27.8. The number of rotatable bonds is 8. The zero-order chi connectivity index (χ0) is 29.7. The van der Waals surface area contributed by atoms with Gasteiger partial charge in [0.25, 0.3) is 0 Å². The molecule has 2 aromatic carbocycles. The van der Waals surface area contributed by atoms with Crippen LogP contribution in [0.4, 0.5) is 5.69 Å². The van der Waals surface area contributed by atoms with Crippen molar-refractivity contribution >= 4 is 23.4 Å². The first-order chi connectivity index (χ1) is 20.9. The van der Waals surface area contributed by atoms with Crippen LogP contribution in [0.25, 0.3) is 0 Å². The average Bonchev–Trinajstić information content (AvgIpc) is 3.76. The lowest BCUT2D eigenvalue weighted by Gasteiger charge is -2.36. The number of nitrogens with one attached hydrogen (secondary N) is 2. The fourth-order valence-corrected chi connectivity index (χ4v) is 7.49. The van der Waals surface area contributed by atoms with Gasteiger partial charge in [-0.25, -0.2) is 0 Å². The van der Waals surface area contributed by atoms with Crippen molar-refractivity contribution in [1.82, 2.24) is 10.2 Å². The quantitative estimate of drug-likeness (QED) is 0.452. The molecular formula is C33H37N3O7. The van der Waals surface area contributed by atoms with E-state index in [2.05, 4.69) is 17.6 Å². The summed E-state index contributed by atoms with van der Waals surface area (Å²) in [6.45, 7) is 4.92. The second kappa shape index (κ2) is 10.9. The summed E-state index contributed by atoms with van der Waals surface area (Å²) >= 11 is 0. The lowest BCUT2D eigenvalue weighted by Crippen LogP contribution is -2.57. The van der Waals surface area contributed by atoms with E-state index >= 15 is 0 Å². The molecule has 10 heteroatoms. The molecule has 10 nitrogen and oxygen atoms in total. The Balaban J connectivity index is 1.19. The molecule has 1 aliphatic carbocycles. The smallest absolute Gasteiger partial charge is 0.246 e. The van der Waals surface area contributed by atoms with Crippen LogP contribution in [-0.2, 0) is 25.7 Å². The van der Waals surface area contributed by atoms with Crippen molar-refractivity contribution in [2.75, 3.05) is 18.7 Å². The summed E-state index contributed by atoms with van der Waals surface area (Å²) < 4.78 is 23.0. The number of ether oxygens (including phenoxy) is 4. The summed E-state index contributed by atoms with van der Waals surface area (Å²) in [5.41, 5.74) is 0.158. The maximum absolute atomic E-state index is 14.3. The van der Waals surface area contributed by atoms with Crippen molar-refractivity contribution in [2.45, 2.75) is 69.9 Å². The molecular weight excluding hydrogens is 550 g/mol. The molecule has 2 saturated heterocycles. The van der Waals surface area contributed by atoms with E-state index in [1.807, 2.05) is 37.3 Å². The predicted molar refractivity (Wildman–Crippen MR) is 156 cm³/mol. The van der Waals surface area contributed by atoms with Crippen LogP contribution < -0.4 is 24.8 Å². The molecule has 226 valence electrons. The van der Waals surface area contributed by atoms with Gasteiger partial charge in [0.2, 0.25) is 24.5 Å². The Kier molecular flexibility index (Phi) is 7.04. The van der Waals surface area contributed by atoms with Gasteiger partial charge in [-0.05, 0) is 67.6 Å². The number of nitrogens with zero attached hydrogens (tertiary/aromatic N) is 1. The number of fused-ring (bicyclic) bond motifs is 2. The molecule has 4 heterocycles. The highest BCUT2D eigenvalue weighted by Crippen LogP contribution is 2.55. The normalized spacial score (nSPS) is 31.7. The third kappa shape index (κ3) is 4.72. The number of benzene rings is 2. The van der Waals surface area contributed by atoms with Gasteiger partial charge >= 0.3 is 0 Å². The van der Waals surface area contributed by atoms with Crippen LogP contribution in [0, 0.1) is 17.8 Å². The van der Waals surface area contributed by atoms with Gasteiger partial charge < -0.3 is 34.5 Å². The minimum absolute atomic E-state index is 0.0283. The minimum atomic E-state index is -1.24. The molecule has 7 atom stereocenters. The van der Waals surface area contributed by atoms with Crippen LogP contribution in [0.1, 0.15) is 45.1 Å². The van der Waals surface area contributed by atoms with Crippen molar-refractivity contribution in [3.8, 4) is 17.2 Å². The Morgan fingerprint density at radius 3 is 2.63 bits per heavy atom. The van der Waals surface area contributed by atoms with E-state index in [-0.39, 0.29) is 37.1 Å². The predicted octanol–water partition coefficient (Wildman–Crippen LogP) is 3.80. The first-order valence-electron chi connectivity index (χ1n) is 15.3. The maximum Gasteiger partial charge on any atom is 0.246 e. The first-order valence-corrected chi connectivity index (χ1v) is 15.3. The molecule has 2 bridgehead atoms. The molecule has 2 N–H and O–H groups in total. The molecule has 1 spiro atoms. The zero-order valence-electron chi connectivity index (χ0n) is 24.4. The lowest BCUT2D eigenvalue weighted by atomic mass is 9.74. The fourth-order valence-electron chi connectivity index (χ4n) is 7.49. The Labute approximate surface area is 250 Å². The summed E-state index contributed by atoms with van der Waals surface area (Å²) in [6.07, 6.45) is 7.23. The largest absolute Gasteiger partial charge is 0.494 e. The Hall–Kier alpha value is -4.05. The SMILES string of the molecule is CCOc1ccc(NC(=O)C2[C@@H]3C=CC4(O3)C(C(=O)NC3CCCCC3C)N(Cc3ccc5c(c3)OCO5)C(=O)[C@H]24)cc1. The van der Waals surface area contributed by atoms with Crippen LogP contribution in [0.15, 0.2) is 54.6 Å². The number of carbonyl (C=O) groups excluding carboxylic acids is 3. The van der Waals surface area contributed by atoms with Gasteiger partial charge in [0.05, 0.1) is 24.5 Å². The molecule has 3 fully saturated rings. The summed E-state index contributed by atoms with van der Waals surface area (Å²) in [5, 5.41) is 6.24. The van der Waals surface area contributed by atoms with Crippen molar-refractivity contribution in [3.63, 3.8) is 0 Å². The lowest BCUT2D eigenvalue weighted by molar-refractivity contribution is -0.142. The van der Waals surface area contributed by atoms with E-state index in [0.29, 0.717) is 35.5 Å². The molecule has 0 aromatic heterocycles. The number of hydrogen-bond acceptors (Lipinski definition) is 7. The molecule has 3 amide bonds. The molecule has 2 aromatic rings. The second-order valence-electron chi connectivity index (χ2n) is 12.2. The highest BCUT2D eigenvalue weighted by Gasteiger charge is 2.72. The van der Waals surface area contributed by atoms with Crippen LogP contribution in [0.3, 0.4) is 0 Å². The maximum atomic E-state index is 14.3. The summed E-state index contributed by atoms with van der Waals surface area (Å²) in [5.74, 6) is -0.155. The topological polar surface area (TPSA) is 115 Å². The van der Waals surface area contributed by atoms with E-state index in [9.17, 15) is 14.4 Å². The van der Waals surface area contributed by atoms with Gasteiger partial charge in [-0.15, -0.1) is 0 Å². The Morgan fingerprint density at radius 1 is 1.05 bits per heavy atom. The number of anilines is 1. The van der Waals surface area contributed by atoms with Gasteiger partial charge in [0, 0.05) is 18.3 Å². The highest BCUT2D eigenvalue weighted by atomic mass is 16.7. The van der Waals surface area contributed by atoms with Crippen LogP contribution in [0.5, 0.6) is 17.2 Å².